The highest BCUT2D eigenvalue weighted by Gasteiger charge is 2.27. The van der Waals surface area contributed by atoms with E-state index in [4.69, 9.17) is 23.2 Å². The average Bonchev–Trinajstić information content (AvgIpc) is 2.26. The van der Waals surface area contributed by atoms with Crippen molar-refractivity contribution in [3.63, 3.8) is 0 Å². The van der Waals surface area contributed by atoms with E-state index in [1.54, 1.807) is 0 Å². The predicted molar refractivity (Wildman–Crippen MR) is 62.3 cm³/mol. The fraction of sp³-hybridized carbons (Fsp3) is 0.364. The SMILES string of the molecule is O=C(CCOCC(F)(F)F)c1ccc(Cl)c(Cl)c1. The van der Waals surface area contributed by atoms with E-state index in [9.17, 15) is 18.0 Å². The van der Waals surface area contributed by atoms with Crippen LogP contribution in [0.25, 0.3) is 0 Å². The molecular weight excluding hydrogens is 292 g/mol. The van der Waals surface area contributed by atoms with Crippen molar-refractivity contribution in [1.29, 1.82) is 0 Å². The predicted octanol–water partition coefficient (Wildman–Crippen LogP) is 4.15. The first-order valence-electron chi connectivity index (χ1n) is 4.92. The molecule has 1 aromatic rings. The number of carbonyl (C=O) groups excluding carboxylic acids is 1. The van der Waals surface area contributed by atoms with Crippen molar-refractivity contribution in [2.24, 2.45) is 0 Å². The van der Waals surface area contributed by atoms with Gasteiger partial charge in [0.05, 0.1) is 16.7 Å². The van der Waals surface area contributed by atoms with E-state index in [-0.39, 0.29) is 23.8 Å². The lowest BCUT2D eigenvalue weighted by atomic mass is 10.1. The van der Waals surface area contributed by atoms with E-state index < -0.39 is 12.8 Å². The standard InChI is InChI=1S/C11H9Cl2F3O2/c12-8-2-1-7(5-9(8)13)10(17)3-4-18-6-11(14,15)16/h1-2,5H,3-4,6H2. The zero-order chi connectivity index (χ0) is 13.8. The zero-order valence-corrected chi connectivity index (χ0v) is 10.6. The van der Waals surface area contributed by atoms with E-state index in [0.29, 0.717) is 10.6 Å². The van der Waals surface area contributed by atoms with Crippen LogP contribution in [-0.2, 0) is 4.74 Å². The maximum Gasteiger partial charge on any atom is 0.411 e. The Hall–Kier alpha value is -0.780. The third kappa shape index (κ3) is 5.25. The molecule has 0 amide bonds. The molecule has 2 nitrogen and oxygen atoms in total. The number of Topliss-reactive ketones (excluding diaryl/α,β-unsaturated/α-hetero) is 1. The summed E-state index contributed by atoms with van der Waals surface area (Å²) in [6.45, 7) is -1.65. The Morgan fingerprint density at radius 2 is 1.89 bits per heavy atom. The Morgan fingerprint density at radius 1 is 1.22 bits per heavy atom. The molecule has 1 aromatic carbocycles. The molecule has 0 saturated heterocycles. The van der Waals surface area contributed by atoms with Crippen LogP contribution < -0.4 is 0 Å². The number of alkyl halides is 3. The van der Waals surface area contributed by atoms with Gasteiger partial charge in [-0.3, -0.25) is 4.79 Å². The van der Waals surface area contributed by atoms with E-state index in [2.05, 4.69) is 4.74 Å². The molecule has 0 aliphatic heterocycles. The maximum absolute atomic E-state index is 11.8. The van der Waals surface area contributed by atoms with E-state index >= 15 is 0 Å². The lowest BCUT2D eigenvalue weighted by Crippen LogP contribution is -2.18. The summed E-state index contributed by atoms with van der Waals surface area (Å²) in [4.78, 5) is 11.6. The number of benzene rings is 1. The summed E-state index contributed by atoms with van der Waals surface area (Å²) >= 11 is 11.4. The molecule has 0 aliphatic rings. The maximum atomic E-state index is 11.8. The van der Waals surface area contributed by atoms with Gasteiger partial charge in [0.25, 0.3) is 0 Å². The van der Waals surface area contributed by atoms with Crippen LogP contribution in [0.1, 0.15) is 16.8 Å². The molecule has 0 bridgehead atoms. The Kier molecular flexibility index (Phi) is 5.44. The number of rotatable bonds is 5. The van der Waals surface area contributed by atoms with E-state index in [1.807, 2.05) is 0 Å². The zero-order valence-electron chi connectivity index (χ0n) is 9.06. The second-order valence-electron chi connectivity index (χ2n) is 3.47. The molecule has 0 saturated carbocycles. The van der Waals surface area contributed by atoms with Crippen LogP contribution in [0.4, 0.5) is 13.2 Å². The molecule has 0 aliphatic carbocycles. The van der Waals surface area contributed by atoms with Gasteiger partial charge in [-0.15, -0.1) is 0 Å². The van der Waals surface area contributed by atoms with Gasteiger partial charge in [-0.1, -0.05) is 23.2 Å². The molecule has 0 unspecified atom stereocenters. The van der Waals surface area contributed by atoms with Gasteiger partial charge in [-0.2, -0.15) is 13.2 Å². The molecule has 0 atom stereocenters. The van der Waals surface area contributed by atoms with Gasteiger partial charge in [0.15, 0.2) is 5.78 Å². The topological polar surface area (TPSA) is 26.3 Å². The van der Waals surface area contributed by atoms with Gasteiger partial charge in [0.1, 0.15) is 6.61 Å². The molecule has 0 radical (unpaired) electrons. The second-order valence-corrected chi connectivity index (χ2v) is 4.28. The monoisotopic (exact) mass is 300 g/mol. The summed E-state index contributed by atoms with van der Waals surface area (Å²) < 4.78 is 39.6. The van der Waals surface area contributed by atoms with E-state index in [1.165, 1.54) is 18.2 Å². The summed E-state index contributed by atoms with van der Waals surface area (Å²) in [7, 11) is 0. The average molecular weight is 301 g/mol. The molecule has 0 fully saturated rings. The molecule has 7 heteroatoms. The summed E-state index contributed by atoms with van der Waals surface area (Å²) in [5.74, 6) is -0.351. The molecule has 100 valence electrons. The van der Waals surface area contributed by atoms with Crippen molar-refractivity contribution in [2.75, 3.05) is 13.2 Å². The third-order valence-corrected chi connectivity index (χ3v) is 2.72. The molecular formula is C11H9Cl2F3O2. The van der Waals surface area contributed by atoms with Crippen LogP contribution in [0.2, 0.25) is 10.0 Å². The normalized spacial score (nSPS) is 11.6. The smallest absolute Gasteiger partial charge is 0.372 e. The quantitative estimate of drug-likeness (QED) is 0.603. The first kappa shape index (κ1) is 15.3. The molecule has 0 spiro atoms. The van der Waals surface area contributed by atoms with Gasteiger partial charge in [-0.05, 0) is 18.2 Å². The lowest BCUT2D eigenvalue weighted by molar-refractivity contribution is -0.173. The van der Waals surface area contributed by atoms with Gasteiger partial charge in [0.2, 0.25) is 0 Å². The van der Waals surface area contributed by atoms with Crippen molar-refractivity contribution >= 4 is 29.0 Å². The second kappa shape index (κ2) is 6.41. The molecule has 0 N–H and O–H groups in total. The molecule has 18 heavy (non-hydrogen) atoms. The highest BCUT2D eigenvalue weighted by molar-refractivity contribution is 6.42. The van der Waals surface area contributed by atoms with Crippen molar-refractivity contribution in [3.05, 3.63) is 33.8 Å². The third-order valence-electron chi connectivity index (χ3n) is 1.98. The van der Waals surface area contributed by atoms with Crippen LogP contribution in [0, 0.1) is 0 Å². The minimum atomic E-state index is -4.38. The number of hydrogen-bond donors (Lipinski definition) is 0. The van der Waals surface area contributed by atoms with Crippen LogP contribution >= 0.6 is 23.2 Å². The van der Waals surface area contributed by atoms with E-state index in [0.717, 1.165) is 0 Å². The number of hydrogen-bond acceptors (Lipinski definition) is 2. The molecule has 1 rings (SSSR count). The van der Waals surface area contributed by atoms with Crippen LogP contribution in [0.15, 0.2) is 18.2 Å². The summed E-state index contributed by atoms with van der Waals surface area (Å²) in [6.07, 6.45) is -4.53. The number of ketones is 1. The van der Waals surface area contributed by atoms with Crippen LogP contribution in [0.3, 0.4) is 0 Å². The minimum absolute atomic E-state index is 0.145. The summed E-state index contributed by atoms with van der Waals surface area (Å²) in [5, 5.41) is 0.528. The fourth-order valence-electron chi connectivity index (χ4n) is 1.17. The van der Waals surface area contributed by atoms with Gasteiger partial charge >= 0.3 is 6.18 Å². The van der Waals surface area contributed by atoms with Crippen LogP contribution in [0.5, 0.6) is 0 Å². The highest BCUT2D eigenvalue weighted by atomic mass is 35.5. The van der Waals surface area contributed by atoms with Crippen molar-refractivity contribution in [3.8, 4) is 0 Å². The Balaban J connectivity index is 2.43. The van der Waals surface area contributed by atoms with Crippen LogP contribution in [-0.4, -0.2) is 25.2 Å². The fourth-order valence-corrected chi connectivity index (χ4v) is 1.46. The number of carbonyl (C=O) groups is 1. The number of ether oxygens (including phenoxy) is 1. The van der Waals surface area contributed by atoms with Gasteiger partial charge in [-0.25, -0.2) is 0 Å². The Labute approximate surface area is 112 Å². The minimum Gasteiger partial charge on any atom is -0.372 e. The van der Waals surface area contributed by atoms with Crippen molar-refractivity contribution < 1.29 is 22.7 Å². The Bertz CT molecular complexity index is 433. The summed E-state index contributed by atoms with van der Waals surface area (Å²) in [6, 6.07) is 4.28. The van der Waals surface area contributed by atoms with Crippen molar-refractivity contribution in [1.82, 2.24) is 0 Å². The first-order chi connectivity index (χ1) is 8.29. The van der Waals surface area contributed by atoms with Gasteiger partial charge < -0.3 is 4.74 Å². The Morgan fingerprint density at radius 3 is 2.44 bits per heavy atom. The lowest BCUT2D eigenvalue weighted by Gasteiger charge is -2.07. The summed E-state index contributed by atoms with van der Waals surface area (Å²) in [5.41, 5.74) is 0.292. The number of halogens is 5. The largest absolute Gasteiger partial charge is 0.411 e. The van der Waals surface area contributed by atoms with Crippen molar-refractivity contribution in [2.45, 2.75) is 12.6 Å². The first-order valence-corrected chi connectivity index (χ1v) is 5.68. The molecule has 0 aromatic heterocycles. The highest BCUT2D eigenvalue weighted by Crippen LogP contribution is 2.23. The van der Waals surface area contributed by atoms with Gasteiger partial charge in [0, 0.05) is 12.0 Å². The molecule has 0 heterocycles.